The van der Waals surface area contributed by atoms with Gasteiger partial charge in [-0.1, -0.05) is 6.08 Å². The van der Waals surface area contributed by atoms with Crippen LogP contribution in [-0.4, -0.2) is 63.8 Å². The lowest BCUT2D eigenvalue weighted by molar-refractivity contribution is 0.144. The van der Waals surface area contributed by atoms with E-state index in [1.54, 1.807) is 14.2 Å². The first-order valence-electron chi connectivity index (χ1n) is 6.60. The number of methoxy groups -OCH3 is 1. The van der Waals surface area contributed by atoms with Crippen molar-refractivity contribution in [1.29, 1.82) is 0 Å². The quantitative estimate of drug-likeness (QED) is 0.356. The van der Waals surface area contributed by atoms with Crippen molar-refractivity contribution in [3.8, 4) is 0 Å². The Morgan fingerprint density at radius 1 is 1.44 bits per heavy atom. The van der Waals surface area contributed by atoms with E-state index in [1.165, 1.54) is 12.8 Å². The van der Waals surface area contributed by atoms with Gasteiger partial charge in [-0.15, -0.1) is 6.58 Å². The van der Waals surface area contributed by atoms with Gasteiger partial charge in [0.05, 0.1) is 6.61 Å². The topological polar surface area (TPSA) is 48.9 Å². The maximum Gasteiger partial charge on any atom is 0.191 e. The molecular weight excluding hydrogens is 228 g/mol. The van der Waals surface area contributed by atoms with Gasteiger partial charge in [-0.25, -0.2) is 0 Å². The lowest BCUT2D eigenvalue weighted by atomic mass is 10.4. The fourth-order valence-corrected chi connectivity index (χ4v) is 1.83. The van der Waals surface area contributed by atoms with Crippen LogP contribution in [0.15, 0.2) is 17.6 Å². The monoisotopic (exact) mass is 254 g/mol. The van der Waals surface area contributed by atoms with E-state index in [1.807, 2.05) is 6.08 Å². The molecule has 2 N–H and O–H groups in total. The van der Waals surface area contributed by atoms with Crippen LogP contribution in [0.3, 0.4) is 0 Å². The Kier molecular flexibility index (Phi) is 7.44. The predicted molar refractivity (Wildman–Crippen MR) is 76.0 cm³/mol. The number of rotatable bonds is 9. The fourth-order valence-electron chi connectivity index (χ4n) is 1.83. The molecular formula is C13H26N4O. The van der Waals surface area contributed by atoms with Crippen LogP contribution in [0.1, 0.15) is 12.8 Å². The van der Waals surface area contributed by atoms with E-state index >= 15 is 0 Å². The van der Waals surface area contributed by atoms with E-state index in [9.17, 15) is 0 Å². The molecule has 0 spiro atoms. The van der Waals surface area contributed by atoms with Gasteiger partial charge in [-0.05, 0) is 12.8 Å². The molecule has 1 saturated carbocycles. The maximum absolute atomic E-state index is 5.14. The van der Waals surface area contributed by atoms with Crippen molar-refractivity contribution < 1.29 is 4.74 Å². The van der Waals surface area contributed by atoms with Crippen LogP contribution in [0.2, 0.25) is 0 Å². The zero-order valence-corrected chi connectivity index (χ0v) is 11.6. The van der Waals surface area contributed by atoms with E-state index in [0.29, 0.717) is 0 Å². The van der Waals surface area contributed by atoms with Crippen molar-refractivity contribution >= 4 is 5.96 Å². The van der Waals surface area contributed by atoms with Crippen LogP contribution in [0.4, 0.5) is 0 Å². The molecule has 0 aromatic rings. The normalized spacial score (nSPS) is 15.8. The van der Waals surface area contributed by atoms with Crippen LogP contribution < -0.4 is 10.6 Å². The third-order valence-corrected chi connectivity index (χ3v) is 2.97. The number of guanidine groups is 1. The zero-order valence-electron chi connectivity index (χ0n) is 11.6. The largest absolute Gasteiger partial charge is 0.383 e. The molecule has 5 heteroatoms. The summed E-state index contributed by atoms with van der Waals surface area (Å²) >= 11 is 0. The van der Waals surface area contributed by atoms with E-state index in [2.05, 4.69) is 27.1 Å². The summed E-state index contributed by atoms with van der Waals surface area (Å²) < 4.78 is 5.14. The summed E-state index contributed by atoms with van der Waals surface area (Å²) in [6, 6.07) is 0.769. The molecule has 0 bridgehead atoms. The summed E-state index contributed by atoms with van der Waals surface area (Å²) in [5, 5.41) is 6.46. The van der Waals surface area contributed by atoms with Crippen molar-refractivity contribution in [2.24, 2.45) is 4.99 Å². The molecule has 104 valence electrons. The maximum atomic E-state index is 5.14. The summed E-state index contributed by atoms with van der Waals surface area (Å²) in [6.45, 7) is 8.16. The van der Waals surface area contributed by atoms with Crippen molar-refractivity contribution in [2.75, 3.05) is 46.9 Å². The molecule has 0 saturated heterocycles. The summed E-state index contributed by atoms with van der Waals surface area (Å²) in [7, 11) is 3.53. The molecule has 0 aromatic carbocycles. The van der Waals surface area contributed by atoms with Gasteiger partial charge >= 0.3 is 0 Å². The Hall–Kier alpha value is -1.07. The molecule has 1 fully saturated rings. The molecule has 0 radical (unpaired) electrons. The van der Waals surface area contributed by atoms with Gasteiger partial charge in [-0.3, -0.25) is 9.89 Å². The molecule has 1 aliphatic carbocycles. The number of hydrogen-bond acceptors (Lipinski definition) is 3. The lowest BCUT2D eigenvalue weighted by Crippen LogP contribution is -2.42. The van der Waals surface area contributed by atoms with Gasteiger partial charge in [0.25, 0.3) is 0 Å². The van der Waals surface area contributed by atoms with Gasteiger partial charge in [0.15, 0.2) is 5.96 Å². The lowest BCUT2D eigenvalue weighted by Gasteiger charge is -2.22. The Balaban J connectivity index is 2.18. The molecule has 0 aliphatic heterocycles. The molecule has 5 nitrogen and oxygen atoms in total. The van der Waals surface area contributed by atoms with Crippen LogP contribution in [-0.2, 0) is 4.74 Å². The molecule has 0 aromatic heterocycles. The summed E-state index contributed by atoms with van der Waals surface area (Å²) in [4.78, 5) is 6.63. The predicted octanol–water partition coefficient (Wildman–Crippen LogP) is 0.448. The second kappa shape index (κ2) is 8.94. The minimum absolute atomic E-state index is 0.732. The molecule has 1 aliphatic rings. The summed E-state index contributed by atoms with van der Waals surface area (Å²) in [6.07, 6.45) is 4.47. The Morgan fingerprint density at radius 2 is 2.22 bits per heavy atom. The van der Waals surface area contributed by atoms with Gasteiger partial charge < -0.3 is 15.4 Å². The van der Waals surface area contributed by atoms with E-state index < -0.39 is 0 Å². The van der Waals surface area contributed by atoms with Crippen LogP contribution >= 0.6 is 0 Å². The highest BCUT2D eigenvalue weighted by Gasteiger charge is 2.28. The smallest absolute Gasteiger partial charge is 0.191 e. The number of ether oxygens (including phenoxy) is 1. The van der Waals surface area contributed by atoms with Gasteiger partial charge in [0, 0.05) is 46.4 Å². The second-order valence-electron chi connectivity index (χ2n) is 4.43. The number of nitrogens with zero attached hydrogens (tertiary/aromatic N) is 2. The van der Waals surface area contributed by atoms with Gasteiger partial charge in [-0.2, -0.15) is 0 Å². The highest BCUT2D eigenvalue weighted by atomic mass is 16.5. The average Bonchev–Trinajstić information content (AvgIpc) is 3.21. The van der Waals surface area contributed by atoms with E-state index in [4.69, 9.17) is 4.74 Å². The van der Waals surface area contributed by atoms with Crippen LogP contribution in [0.25, 0.3) is 0 Å². The highest BCUT2D eigenvalue weighted by Crippen LogP contribution is 2.25. The first-order chi connectivity index (χ1) is 8.81. The first-order valence-corrected chi connectivity index (χ1v) is 6.60. The van der Waals surface area contributed by atoms with Gasteiger partial charge in [0.1, 0.15) is 0 Å². The van der Waals surface area contributed by atoms with Crippen molar-refractivity contribution in [3.63, 3.8) is 0 Å². The molecule has 18 heavy (non-hydrogen) atoms. The Labute approximate surface area is 110 Å². The summed E-state index contributed by atoms with van der Waals surface area (Å²) in [5.41, 5.74) is 0. The highest BCUT2D eigenvalue weighted by molar-refractivity contribution is 5.79. The van der Waals surface area contributed by atoms with Crippen molar-refractivity contribution in [3.05, 3.63) is 12.7 Å². The van der Waals surface area contributed by atoms with E-state index in [-0.39, 0.29) is 0 Å². The SMILES string of the molecule is C=CCNC(=NC)NCCN(CCOC)C1CC1. The minimum atomic E-state index is 0.732. The third-order valence-electron chi connectivity index (χ3n) is 2.97. The molecule has 1 rings (SSSR count). The van der Waals surface area contributed by atoms with Crippen molar-refractivity contribution in [2.45, 2.75) is 18.9 Å². The molecule has 0 heterocycles. The Morgan fingerprint density at radius 3 is 2.78 bits per heavy atom. The zero-order chi connectivity index (χ0) is 13.2. The minimum Gasteiger partial charge on any atom is -0.383 e. The molecule has 0 atom stereocenters. The summed E-state index contributed by atoms with van der Waals surface area (Å²) in [5.74, 6) is 0.831. The van der Waals surface area contributed by atoms with E-state index in [0.717, 1.165) is 44.8 Å². The average molecular weight is 254 g/mol. The van der Waals surface area contributed by atoms with Crippen LogP contribution in [0, 0.1) is 0 Å². The Bertz CT molecular complexity index is 264. The first kappa shape index (κ1) is 15.0. The number of aliphatic imine (C=N–C) groups is 1. The molecule has 0 amide bonds. The standard InChI is InChI=1S/C13H26N4O/c1-4-7-15-13(14-2)16-8-9-17(10-11-18-3)12-5-6-12/h4,12H,1,5-11H2,2-3H3,(H2,14,15,16). The second-order valence-corrected chi connectivity index (χ2v) is 4.43. The number of nitrogens with one attached hydrogen (secondary N) is 2. The molecule has 0 unspecified atom stereocenters. The number of hydrogen-bond donors (Lipinski definition) is 2. The van der Waals surface area contributed by atoms with Crippen LogP contribution in [0.5, 0.6) is 0 Å². The third kappa shape index (κ3) is 6.02. The fraction of sp³-hybridized carbons (Fsp3) is 0.769. The van der Waals surface area contributed by atoms with Gasteiger partial charge in [0.2, 0.25) is 0 Å². The van der Waals surface area contributed by atoms with Crippen molar-refractivity contribution in [1.82, 2.24) is 15.5 Å².